The van der Waals surface area contributed by atoms with Gasteiger partial charge in [0.15, 0.2) is 9.84 Å². The van der Waals surface area contributed by atoms with E-state index in [1.54, 1.807) is 31.2 Å². The number of fused-ring (bicyclic) bond motifs is 1. The highest BCUT2D eigenvalue weighted by Crippen LogP contribution is 2.37. The lowest BCUT2D eigenvalue weighted by Gasteiger charge is -2.25. The van der Waals surface area contributed by atoms with Crippen molar-refractivity contribution in [3.05, 3.63) is 86.9 Å². The number of benzene rings is 3. The van der Waals surface area contributed by atoms with Gasteiger partial charge in [0.25, 0.3) is 0 Å². The minimum Gasteiger partial charge on any atom is -0.495 e. The van der Waals surface area contributed by atoms with Crippen LogP contribution in [0.4, 0.5) is 10.5 Å². The maximum atomic E-state index is 13.0. The lowest BCUT2D eigenvalue weighted by Crippen LogP contribution is -2.31. The van der Waals surface area contributed by atoms with Crippen molar-refractivity contribution >= 4 is 44.8 Å². The fourth-order valence-corrected chi connectivity index (χ4v) is 6.27. The molecule has 0 aliphatic carbocycles. The number of sulfone groups is 1. The molecule has 196 valence electrons. The van der Waals surface area contributed by atoms with Gasteiger partial charge in [0, 0.05) is 18.8 Å². The van der Waals surface area contributed by atoms with Gasteiger partial charge in [-0.25, -0.2) is 13.2 Å². The van der Waals surface area contributed by atoms with Crippen LogP contribution in [0.5, 0.6) is 5.75 Å². The molecule has 4 rings (SSSR count). The van der Waals surface area contributed by atoms with E-state index in [1.807, 2.05) is 18.2 Å². The zero-order valence-electron chi connectivity index (χ0n) is 20.8. The van der Waals surface area contributed by atoms with Crippen LogP contribution in [-0.4, -0.2) is 40.1 Å². The number of halogens is 2. The van der Waals surface area contributed by atoms with Crippen molar-refractivity contribution in [2.45, 2.75) is 36.6 Å². The van der Waals surface area contributed by atoms with E-state index in [9.17, 15) is 13.2 Å². The van der Waals surface area contributed by atoms with Gasteiger partial charge in [-0.1, -0.05) is 47.5 Å². The smallest absolute Gasteiger partial charge is 0.319 e. The van der Waals surface area contributed by atoms with Crippen LogP contribution in [0.2, 0.25) is 10.0 Å². The zero-order chi connectivity index (χ0) is 26.7. The summed E-state index contributed by atoms with van der Waals surface area (Å²) in [6, 6.07) is 14.6. The van der Waals surface area contributed by atoms with E-state index in [4.69, 9.17) is 27.9 Å². The van der Waals surface area contributed by atoms with Gasteiger partial charge < -0.3 is 20.3 Å². The van der Waals surface area contributed by atoms with Crippen molar-refractivity contribution in [3.8, 4) is 5.75 Å². The van der Waals surface area contributed by atoms with E-state index in [0.29, 0.717) is 22.0 Å². The molecule has 2 amide bonds. The lowest BCUT2D eigenvalue weighted by atomic mass is 9.98. The van der Waals surface area contributed by atoms with Gasteiger partial charge in [0.1, 0.15) is 10.8 Å². The molecule has 0 unspecified atom stereocenters. The van der Waals surface area contributed by atoms with E-state index in [-0.39, 0.29) is 15.7 Å². The molecular weight excluding hydrogens is 533 g/mol. The molecule has 0 spiro atoms. The first kappa shape index (κ1) is 27.3. The average Bonchev–Trinajstić information content (AvgIpc) is 2.85. The van der Waals surface area contributed by atoms with Gasteiger partial charge in [0.05, 0.1) is 28.8 Å². The molecule has 1 heterocycles. The fraction of sp³-hybridized carbons (Fsp3) is 0.296. The molecule has 1 aliphatic rings. The fourth-order valence-electron chi connectivity index (χ4n) is 4.37. The second-order valence-corrected chi connectivity index (χ2v) is 11.9. The molecule has 0 radical (unpaired) electrons. The minimum atomic E-state index is -3.54. The van der Waals surface area contributed by atoms with Gasteiger partial charge in [-0.15, -0.1) is 0 Å². The standard InChI is InChI=1S/C27H29Cl2N3O4S/c1-17(23-10-11-24(36-3)26(29)25(23)28)30-27(33)31-21-6-8-22(9-7-21)37(34,35)16-18-4-5-20-15-32(2)13-12-19(20)14-18/h4-11,14,17H,12-13,15-16H2,1-3H3,(H2,30,31,33)/t17-/m1/s1. The van der Waals surface area contributed by atoms with Crippen LogP contribution in [0.3, 0.4) is 0 Å². The van der Waals surface area contributed by atoms with Crippen molar-refractivity contribution in [1.82, 2.24) is 10.2 Å². The molecule has 0 saturated heterocycles. The quantitative estimate of drug-likeness (QED) is 0.378. The number of carbonyl (C=O) groups excluding carboxylic acids is 1. The topological polar surface area (TPSA) is 87.7 Å². The number of anilines is 1. The number of amides is 2. The predicted molar refractivity (Wildman–Crippen MR) is 147 cm³/mol. The van der Waals surface area contributed by atoms with Crippen LogP contribution in [0.1, 0.15) is 35.2 Å². The van der Waals surface area contributed by atoms with Crippen molar-refractivity contribution in [2.75, 3.05) is 26.0 Å². The molecule has 0 bridgehead atoms. The molecule has 0 aromatic heterocycles. The van der Waals surface area contributed by atoms with Gasteiger partial charge >= 0.3 is 6.03 Å². The molecule has 10 heteroatoms. The third-order valence-corrected chi connectivity index (χ3v) is 9.00. The zero-order valence-corrected chi connectivity index (χ0v) is 23.2. The molecule has 1 aliphatic heterocycles. The van der Waals surface area contributed by atoms with Crippen molar-refractivity contribution in [1.29, 1.82) is 0 Å². The normalized spacial score (nSPS) is 14.5. The van der Waals surface area contributed by atoms with Crippen LogP contribution in [0, 0.1) is 0 Å². The summed E-state index contributed by atoms with van der Waals surface area (Å²) >= 11 is 12.5. The Morgan fingerprint density at radius 3 is 2.49 bits per heavy atom. The van der Waals surface area contributed by atoms with E-state index < -0.39 is 21.9 Å². The highest BCUT2D eigenvalue weighted by molar-refractivity contribution is 7.90. The SMILES string of the molecule is COc1ccc([C@@H](C)NC(=O)Nc2ccc(S(=O)(=O)Cc3ccc4c(c3)CCN(C)C4)cc2)c(Cl)c1Cl. The Hall–Kier alpha value is -2.78. The molecule has 37 heavy (non-hydrogen) atoms. The monoisotopic (exact) mass is 561 g/mol. The van der Waals surface area contributed by atoms with Crippen LogP contribution < -0.4 is 15.4 Å². The first-order chi connectivity index (χ1) is 17.6. The Labute approximate surface area is 227 Å². The molecule has 0 saturated carbocycles. The van der Waals surface area contributed by atoms with Crippen molar-refractivity contribution in [2.24, 2.45) is 0 Å². The molecule has 3 aromatic carbocycles. The Morgan fingerprint density at radius 1 is 1.05 bits per heavy atom. The Bertz CT molecular complexity index is 1410. The van der Waals surface area contributed by atoms with E-state index in [1.165, 1.54) is 30.4 Å². The molecule has 7 nitrogen and oxygen atoms in total. The minimum absolute atomic E-state index is 0.0773. The number of likely N-dealkylation sites (N-methyl/N-ethyl adjacent to an activating group) is 1. The summed E-state index contributed by atoms with van der Waals surface area (Å²) < 4.78 is 31.2. The summed E-state index contributed by atoms with van der Waals surface area (Å²) in [5.74, 6) is 0.369. The third kappa shape index (κ3) is 6.38. The van der Waals surface area contributed by atoms with Gasteiger partial charge in [-0.05, 0) is 73.0 Å². The Balaban J connectivity index is 1.38. The summed E-state index contributed by atoms with van der Waals surface area (Å²) in [6.45, 7) is 3.62. The Morgan fingerprint density at radius 2 is 1.78 bits per heavy atom. The maximum absolute atomic E-state index is 13.0. The number of ether oxygens (including phenoxy) is 1. The Kier molecular flexibility index (Phi) is 8.33. The van der Waals surface area contributed by atoms with Crippen LogP contribution >= 0.6 is 23.2 Å². The number of methoxy groups -OCH3 is 1. The number of carbonyl (C=O) groups is 1. The number of nitrogens with one attached hydrogen (secondary N) is 2. The van der Waals surface area contributed by atoms with Crippen molar-refractivity contribution < 1.29 is 17.9 Å². The summed E-state index contributed by atoms with van der Waals surface area (Å²) in [5, 5.41) is 6.09. The number of hydrogen-bond donors (Lipinski definition) is 2. The van der Waals surface area contributed by atoms with Crippen LogP contribution in [0.25, 0.3) is 0 Å². The highest BCUT2D eigenvalue weighted by Gasteiger charge is 2.20. The number of hydrogen-bond acceptors (Lipinski definition) is 5. The molecule has 2 N–H and O–H groups in total. The van der Waals surface area contributed by atoms with Gasteiger partial charge in [-0.3, -0.25) is 0 Å². The summed E-state index contributed by atoms with van der Waals surface area (Å²) in [7, 11) is 0.0341. The number of urea groups is 1. The van der Waals surface area contributed by atoms with Gasteiger partial charge in [-0.2, -0.15) is 0 Å². The average molecular weight is 563 g/mol. The molecular formula is C27H29Cl2N3O4S. The van der Waals surface area contributed by atoms with E-state index in [0.717, 1.165) is 25.1 Å². The molecule has 1 atom stereocenters. The van der Waals surface area contributed by atoms with Crippen LogP contribution in [0.15, 0.2) is 59.5 Å². The van der Waals surface area contributed by atoms with Crippen LogP contribution in [-0.2, 0) is 28.6 Å². The summed E-state index contributed by atoms with van der Waals surface area (Å²) in [5.41, 5.74) is 4.33. The first-order valence-electron chi connectivity index (χ1n) is 11.8. The third-order valence-electron chi connectivity index (χ3n) is 6.41. The highest BCUT2D eigenvalue weighted by atomic mass is 35.5. The second kappa shape index (κ2) is 11.3. The summed E-state index contributed by atoms with van der Waals surface area (Å²) in [4.78, 5) is 15.0. The molecule has 3 aromatic rings. The molecule has 0 fully saturated rings. The number of nitrogens with zero attached hydrogens (tertiary/aromatic N) is 1. The lowest BCUT2D eigenvalue weighted by molar-refractivity contribution is 0.249. The first-order valence-corrected chi connectivity index (χ1v) is 14.2. The van der Waals surface area contributed by atoms with E-state index in [2.05, 4.69) is 22.6 Å². The van der Waals surface area contributed by atoms with Crippen molar-refractivity contribution in [3.63, 3.8) is 0 Å². The largest absolute Gasteiger partial charge is 0.495 e. The summed E-state index contributed by atoms with van der Waals surface area (Å²) in [6.07, 6.45) is 0.915. The number of rotatable bonds is 7. The second-order valence-electron chi connectivity index (χ2n) is 9.18. The van der Waals surface area contributed by atoms with Gasteiger partial charge in [0.2, 0.25) is 0 Å². The predicted octanol–water partition coefficient (Wildman–Crippen LogP) is 5.85. The maximum Gasteiger partial charge on any atom is 0.319 e. The van der Waals surface area contributed by atoms with E-state index >= 15 is 0 Å².